The first kappa shape index (κ1) is 16.3. The molecule has 5 nitrogen and oxygen atoms in total. The predicted octanol–water partition coefficient (Wildman–Crippen LogP) is 3.31. The normalized spacial score (nSPS) is 22.9. The molecular weight excluding hydrogens is 294 g/mol. The maximum absolute atomic E-state index is 12.8. The average Bonchev–Trinajstić information content (AvgIpc) is 3.12. The lowest BCUT2D eigenvalue weighted by molar-refractivity contribution is -0.184. The van der Waals surface area contributed by atoms with E-state index in [2.05, 4.69) is 5.32 Å². The van der Waals surface area contributed by atoms with Crippen LogP contribution in [-0.2, 0) is 14.3 Å². The summed E-state index contributed by atoms with van der Waals surface area (Å²) < 4.78 is 11.5. The Labute approximate surface area is 137 Å². The van der Waals surface area contributed by atoms with Gasteiger partial charge in [0, 0.05) is 12.1 Å². The first-order valence-corrected chi connectivity index (χ1v) is 8.35. The highest BCUT2D eigenvalue weighted by Gasteiger charge is 2.51. The van der Waals surface area contributed by atoms with Crippen LogP contribution in [0.2, 0.25) is 0 Å². The molecule has 1 aromatic rings. The van der Waals surface area contributed by atoms with Gasteiger partial charge in [-0.3, -0.25) is 4.79 Å². The van der Waals surface area contributed by atoms with Gasteiger partial charge in [0.05, 0.1) is 19.1 Å². The van der Waals surface area contributed by atoms with E-state index in [4.69, 9.17) is 9.47 Å². The summed E-state index contributed by atoms with van der Waals surface area (Å²) in [6.07, 6.45) is 2.49. The summed E-state index contributed by atoms with van der Waals surface area (Å²) in [5.41, 5.74) is 2.43. The third kappa shape index (κ3) is 2.95. The van der Waals surface area contributed by atoms with Gasteiger partial charge >= 0.3 is 0 Å². The van der Waals surface area contributed by atoms with E-state index >= 15 is 0 Å². The van der Waals surface area contributed by atoms with Crippen molar-refractivity contribution in [3.63, 3.8) is 0 Å². The lowest BCUT2D eigenvalue weighted by Gasteiger charge is -2.28. The van der Waals surface area contributed by atoms with Gasteiger partial charge in [-0.2, -0.15) is 0 Å². The van der Waals surface area contributed by atoms with Crippen LogP contribution in [0.1, 0.15) is 50.2 Å². The van der Waals surface area contributed by atoms with Gasteiger partial charge in [-0.25, -0.2) is 0 Å². The molecule has 1 heterocycles. The van der Waals surface area contributed by atoms with E-state index in [9.17, 15) is 9.90 Å². The Balaban J connectivity index is 1.81. The third-order valence-electron chi connectivity index (χ3n) is 4.90. The highest BCUT2D eigenvalue weighted by atomic mass is 16.7. The fraction of sp³-hybridized carbons (Fsp3) is 0.611. The van der Waals surface area contributed by atoms with Crippen molar-refractivity contribution < 1.29 is 19.4 Å². The maximum Gasteiger partial charge on any atom is 0.232 e. The Kier molecular flexibility index (Phi) is 4.34. The van der Waals surface area contributed by atoms with Crippen molar-refractivity contribution in [1.29, 1.82) is 0 Å². The summed E-state index contributed by atoms with van der Waals surface area (Å²) in [5.74, 6) is -0.607. The van der Waals surface area contributed by atoms with Crippen molar-refractivity contribution in [2.75, 3.05) is 18.5 Å². The van der Waals surface area contributed by atoms with Gasteiger partial charge in [0.1, 0.15) is 5.75 Å². The molecule has 1 saturated heterocycles. The van der Waals surface area contributed by atoms with Crippen LogP contribution in [0.5, 0.6) is 5.75 Å². The van der Waals surface area contributed by atoms with E-state index in [1.165, 1.54) is 0 Å². The number of carbonyl (C=O) groups is 1. The maximum atomic E-state index is 12.8. The Morgan fingerprint density at radius 3 is 2.70 bits per heavy atom. The lowest BCUT2D eigenvalue weighted by atomic mass is 9.98. The largest absolute Gasteiger partial charge is 0.508 e. The molecule has 1 saturated carbocycles. The molecule has 1 aromatic carbocycles. The summed E-state index contributed by atoms with van der Waals surface area (Å²) in [7, 11) is 0. The van der Waals surface area contributed by atoms with Crippen molar-refractivity contribution in [3.8, 4) is 5.75 Å². The molecule has 0 aromatic heterocycles. The standard InChI is InChI=1S/C18H25NO4/c1-11(2)13-10-15(12(3)9-16(13)20)19-17(21)14-5-4-6-18(14)22-7-8-23-18/h9-11,14,20H,4-8H2,1-3H3,(H,19,21)/t14-/m1/s1. The number of amides is 1. The zero-order valence-electron chi connectivity index (χ0n) is 14.0. The molecule has 3 rings (SSSR count). The van der Waals surface area contributed by atoms with Crippen molar-refractivity contribution in [2.24, 2.45) is 5.92 Å². The van der Waals surface area contributed by atoms with Crippen LogP contribution in [0.4, 0.5) is 5.69 Å². The molecule has 23 heavy (non-hydrogen) atoms. The van der Waals surface area contributed by atoms with Gasteiger partial charge in [0.15, 0.2) is 5.79 Å². The molecule has 2 N–H and O–H groups in total. The molecule has 1 aliphatic heterocycles. The summed E-state index contributed by atoms with van der Waals surface area (Å²) in [5, 5.41) is 13.1. The number of aryl methyl sites for hydroxylation is 1. The molecule has 1 atom stereocenters. The van der Waals surface area contributed by atoms with Gasteiger partial charge < -0.3 is 19.9 Å². The second-order valence-electron chi connectivity index (χ2n) is 6.82. The number of hydrogen-bond acceptors (Lipinski definition) is 4. The second kappa shape index (κ2) is 6.13. The minimum atomic E-state index is -0.726. The zero-order chi connectivity index (χ0) is 16.6. The number of phenolic OH excluding ortho intramolecular Hbond substituents is 1. The van der Waals surface area contributed by atoms with Gasteiger partial charge in [-0.1, -0.05) is 13.8 Å². The number of aromatic hydroxyl groups is 1. The minimum absolute atomic E-state index is 0.0621. The Morgan fingerprint density at radius 2 is 2.04 bits per heavy atom. The number of nitrogens with one attached hydrogen (secondary N) is 1. The molecule has 0 radical (unpaired) electrons. The molecule has 0 bridgehead atoms. The smallest absolute Gasteiger partial charge is 0.232 e. The van der Waals surface area contributed by atoms with Crippen LogP contribution >= 0.6 is 0 Å². The highest BCUT2D eigenvalue weighted by molar-refractivity contribution is 5.94. The fourth-order valence-electron chi connectivity index (χ4n) is 3.62. The van der Waals surface area contributed by atoms with Crippen LogP contribution < -0.4 is 5.32 Å². The molecule has 1 amide bonds. The first-order valence-electron chi connectivity index (χ1n) is 8.35. The average molecular weight is 319 g/mol. The molecule has 1 spiro atoms. The molecule has 2 fully saturated rings. The molecule has 126 valence electrons. The van der Waals surface area contributed by atoms with Gasteiger partial charge in [0.25, 0.3) is 0 Å². The number of hydrogen-bond donors (Lipinski definition) is 2. The van der Waals surface area contributed by atoms with E-state index in [0.29, 0.717) is 13.2 Å². The zero-order valence-corrected chi connectivity index (χ0v) is 14.0. The Morgan fingerprint density at radius 1 is 1.35 bits per heavy atom. The predicted molar refractivity (Wildman–Crippen MR) is 87.5 cm³/mol. The molecule has 5 heteroatoms. The van der Waals surface area contributed by atoms with Gasteiger partial charge in [0.2, 0.25) is 5.91 Å². The minimum Gasteiger partial charge on any atom is -0.508 e. The summed E-state index contributed by atoms with van der Waals surface area (Å²) in [6.45, 7) is 7.02. The van der Waals surface area contributed by atoms with Crippen molar-refractivity contribution in [3.05, 3.63) is 23.3 Å². The number of anilines is 1. The van der Waals surface area contributed by atoms with Gasteiger partial charge in [-0.15, -0.1) is 0 Å². The highest BCUT2D eigenvalue weighted by Crippen LogP contribution is 2.43. The second-order valence-corrected chi connectivity index (χ2v) is 6.82. The van der Waals surface area contributed by atoms with Crippen molar-refractivity contribution >= 4 is 11.6 Å². The lowest BCUT2D eigenvalue weighted by Crippen LogP contribution is -2.41. The number of rotatable bonds is 3. The van der Waals surface area contributed by atoms with E-state index in [-0.39, 0.29) is 23.5 Å². The Hall–Kier alpha value is -1.59. The van der Waals surface area contributed by atoms with Crippen LogP contribution in [0, 0.1) is 12.8 Å². The fourth-order valence-corrected chi connectivity index (χ4v) is 3.62. The van der Waals surface area contributed by atoms with Crippen molar-refractivity contribution in [2.45, 2.75) is 51.7 Å². The number of carbonyl (C=O) groups excluding carboxylic acids is 1. The summed E-state index contributed by atoms with van der Waals surface area (Å²) in [6, 6.07) is 3.57. The van der Waals surface area contributed by atoms with E-state index in [0.717, 1.165) is 36.1 Å². The Bertz CT molecular complexity index is 600. The van der Waals surface area contributed by atoms with E-state index in [1.807, 2.05) is 26.8 Å². The van der Waals surface area contributed by atoms with Crippen LogP contribution in [-0.4, -0.2) is 30.0 Å². The molecule has 0 unspecified atom stereocenters. The van der Waals surface area contributed by atoms with E-state index in [1.54, 1.807) is 6.07 Å². The molecule has 1 aliphatic carbocycles. The first-order chi connectivity index (χ1) is 10.9. The third-order valence-corrected chi connectivity index (χ3v) is 4.90. The molecular formula is C18H25NO4. The van der Waals surface area contributed by atoms with Crippen LogP contribution in [0.25, 0.3) is 0 Å². The topological polar surface area (TPSA) is 67.8 Å². The number of phenols is 1. The van der Waals surface area contributed by atoms with E-state index < -0.39 is 5.79 Å². The number of ether oxygens (including phenoxy) is 2. The SMILES string of the molecule is Cc1cc(O)c(C(C)C)cc1NC(=O)[C@H]1CCCC12OCCO2. The quantitative estimate of drug-likeness (QED) is 0.839. The summed E-state index contributed by atoms with van der Waals surface area (Å²) >= 11 is 0. The summed E-state index contributed by atoms with van der Waals surface area (Å²) in [4.78, 5) is 12.8. The van der Waals surface area contributed by atoms with Gasteiger partial charge in [-0.05, 0) is 48.9 Å². The van der Waals surface area contributed by atoms with Crippen molar-refractivity contribution in [1.82, 2.24) is 0 Å². The van der Waals surface area contributed by atoms with Crippen LogP contribution in [0.15, 0.2) is 12.1 Å². The van der Waals surface area contributed by atoms with Crippen LogP contribution in [0.3, 0.4) is 0 Å². The molecule has 2 aliphatic rings. The number of benzene rings is 1. The monoisotopic (exact) mass is 319 g/mol.